The van der Waals surface area contributed by atoms with E-state index in [0.717, 1.165) is 16.9 Å². The summed E-state index contributed by atoms with van der Waals surface area (Å²) in [5, 5.41) is 13.4. The average Bonchev–Trinajstić information content (AvgIpc) is 3.04. The van der Waals surface area contributed by atoms with E-state index in [0.29, 0.717) is 18.7 Å². The van der Waals surface area contributed by atoms with Crippen molar-refractivity contribution in [2.24, 2.45) is 0 Å². The monoisotopic (exact) mass is 454 g/mol. The van der Waals surface area contributed by atoms with E-state index in [1.807, 2.05) is 29.2 Å². The molecule has 166 valence electrons. The number of nitriles is 1. The number of amides is 3. The summed E-state index contributed by atoms with van der Waals surface area (Å²) >= 11 is 0. The molecule has 1 unspecified atom stereocenters. The maximum Gasteiger partial charge on any atom is 0.322 e. The molecule has 0 saturated carbocycles. The molecule has 1 aromatic heterocycles. The van der Waals surface area contributed by atoms with Gasteiger partial charge in [0.1, 0.15) is 11.4 Å². The number of carbonyl (C=O) groups is 2. The minimum Gasteiger partial charge on any atom is -0.354 e. The molecule has 0 spiro atoms. The summed E-state index contributed by atoms with van der Waals surface area (Å²) in [6, 6.07) is 12.5. The van der Waals surface area contributed by atoms with Crippen LogP contribution >= 0.6 is 0 Å². The number of benzene rings is 1. The number of pyridine rings is 1. The molecular formula is C21H22N6O4S. The van der Waals surface area contributed by atoms with Gasteiger partial charge in [-0.3, -0.25) is 10.1 Å². The zero-order chi connectivity index (χ0) is 22.9. The first-order chi connectivity index (χ1) is 15.2. The fraction of sp³-hybridized carbons (Fsp3) is 0.333. The second-order valence-electron chi connectivity index (χ2n) is 7.98. The van der Waals surface area contributed by atoms with Crippen LogP contribution in [0, 0.1) is 11.3 Å². The maximum absolute atomic E-state index is 12.8. The fourth-order valence-electron chi connectivity index (χ4n) is 3.81. The lowest BCUT2D eigenvalue weighted by molar-refractivity contribution is -0.122. The number of nitrogens with zero attached hydrogens (tertiary/aromatic N) is 4. The van der Waals surface area contributed by atoms with Gasteiger partial charge in [-0.05, 0) is 36.8 Å². The van der Waals surface area contributed by atoms with Gasteiger partial charge in [-0.15, -0.1) is 0 Å². The highest BCUT2D eigenvalue weighted by Gasteiger charge is 2.46. The number of aromatic nitrogens is 1. The number of piperazine rings is 1. The molecule has 11 heteroatoms. The van der Waals surface area contributed by atoms with Gasteiger partial charge in [0.25, 0.3) is 5.91 Å². The van der Waals surface area contributed by atoms with Crippen LogP contribution in [-0.4, -0.2) is 67.1 Å². The first-order valence-electron chi connectivity index (χ1n) is 10.0. The smallest absolute Gasteiger partial charge is 0.322 e. The number of sulfonamides is 1. The predicted molar refractivity (Wildman–Crippen MR) is 117 cm³/mol. The Kier molecular flexibility index (Phi) is 5.58. The van der Waals surface area contributed by atoms with E-state index in [4.69, 9.17) is 5.26 Å². The van der Waals surface area contributed by atoms with Crippen molar-refractivity contribution in [2.45, 2.75) is 12.5 Å². The molecule has 2 N–H and O–H groups in total. The van der Waals surface area contributed by atoms with Crippen LogP contribution in [0.2, 0.25) is 0 Å². The summed E-state index contributed by atoms with van der Waals surface area (Å²) in [4.78, 5) is 29.9. The topological polar surface area (TPSA) is 136 Å². The molecule has 2 saturated heterocycles. The Morgan fingerprint density at radius 1 is 1.06 bits per heavy atom. The fourth-order valence-corrected chi connectivity index (χ4v) is 5.65. The van der Waals surface area contributed by atoms with Gasteiger partial charge < -0.3 is 10.2 Å². The second kappa shape index (κ2) is 8.22. The minimum atomic E-state index is -3.75. The summed E-state index contributed by atoms with van der Waals surface area (Å²) in [6.07, 6.45) is 1.75. The van der Waals surface area contributed by atoms with Gasteiger partial charge in [-0.1, -0.05) is 12.1 Å². The lowest BCUT2D eigenvalue weighted by Gasteiger charge is -2.35. The highest BCUT2D eigenvalue weighted by molar-refractivity contribution is 7.89. The van der Waals surface area contributed by atoms with Crippen molar-refractivity contribution in [1.82, 2.24) is 19.9 Å². The van der Waals surface area contributed by atoms with Crippen LogP contribution in [0.1, 0.15) is 12.5 Å². The molecule has 1 atom stereocenters. The Hall–Kier alpha value is -3.49. The van der Waals surface area contributed by atoms with Crippen molar-refractivity contribution in [2.75, 3.05) is 36.8 Å². The number of hydrogen-bond acceptors (Lipinski definition) is 7. The van der Waals surface area contributed by atoms with Gasteiger partial charge in [0.15, 0.2) is 0 Å². The highest BCUT2D eigenvalue weighted by atomic mass is 32.2. The zero-order valence-corrected chi connectivity index (χ0v) is 18.2. The number of anilines is 1. The predicted octanol–water partition coefficient (Wildman–Crippen LogP) is 0.670. The van der Waals surface area contributed by atoms with E-state index >= 15 is 0 Å². The van der Waals surface area contributed by atoms with Crippen LogP contribution in [0.4, 0.5) is 10.6 Å². The van der Waals surface area contributed by atoms with Crippen molar-refractivity contribution in [3.05, 3.63) is 48.2 Å². The number of urea groups is 1. The van der Waals surface area contributed by atoms with E-state index in [9.17, 15) is 18.0 Å². The molecule has 4 rings (SSSR count). The van der Waals surface area contributed by atoms with Gasteiger partial charge in [0, 0.05) is 37.9 Å². The Morgan fingerprint density at radius 2 is 1.72 bits per heavy atom. The van der Waals surface area contributed by atoms with E-state index in [-0.39, 0.29) is 13.1 Å². The summed E-state index contributed by atoms with van der Waals surface area (Å²) in [7, 11) is -3.75. The Bertz CT molecular complexity index is 1180. The van der Waals surface area contributed by atoms with E-state index in [2.05, 4.69) is 21.7 Å². The molecule has 0 bridgehead atoms. The third-order valence-corrected chi connectivity index (χ3v) is 7.73. The molecule has 2 aliphatic heterocycles. The van der Waals surface area contributed by atoms with Crippen LogP contribution in [0.3, 0.4) is 0 Å². The third kappa shape index (κ3) is 4.28. The molecule has 2 aromatic rings. The number of carbonyl (C=O) groups excluding carboxylic acids is 2. The summed E-state index contributed by atoms with van der Waals surface area (Å²) < 4.78 is 27.0. The van der Waals surface area contributed by atoms with Crippen molar-refractivity contribution < 1.29 is 18.0 Å². The summed E-state index contributed by atoms with van der Waals surface area (Å²) in [5.74, 6) is -0.389. The van der Waals surface area contributed by atoms with Crippen LogP contribution in [-0.2, 0) is 14.8 Å². The summed E-state index contributed by atoms with van der Waals surface area (Å²) in [5.41, 5.74) is 0.992. The maximum atomic E-state index is 12.8. The van der Waals surface area contributed by atoms with Crippen molar-refractivity contribution in [3.63, 3.8) is 0 Å². The number of rotatable bonds is 5. The Morgan fingerprint density at radius 3 is 2.25 bits per heavy atom. The SMILES string of the molecule is CC1(CS(=O)(=O)N2CCN(c3ccc(-c4ccc(C#N)cc4)cn3)CC2)NC(=O)NC1=O. The van der Waals surface area contributed by atoms with Crippen molar-refractivity contribution in [1.29, 1.82) is 5.26 Å². The van der Waals surface area contributed by atoms with Gasteiger partial charge in [-0.2, -0.15) is 9.57 Å². The Balaban J connectivity index is 1.38. The largest absolute Gasteiger partial charge is 0.354 e. The first kappa shape index (κ1) is 21.7. The van der Waals surface area contributed by atoms with Crippen LogP contribution < -0.4 is 15.5 Å². The molecule has 32 heavy (non-hydrogen) atoms. The molecule has 0 aliphatic carbocycles. The van der Waals surface area contributed by atoms with E-state index in [1.54, 1.807) is 18.3 Å². The molecule has 2 fully saturated rings. The number of nitrogens with one attached hydrogen (secondary N) is 2. The first-order valence-corrected chi connectivity index (χ1v) is 11.6. The standard InChI is InChI=1S/C21H22N6O4S/c1-21(19(28)24-20(29)25-21)14-32(30,31)27-10-8-26(9-11-27)18-7-6-17(13-23-18)16-4-2-15(12-22)3-5-16/h2-7,13H,8-11,14H2,1H3,(H2,24,25,28,29). The van der Waals surface area contributed by atoms with Gasteiger partial charge >= 0.3 is 6.03 Å². The van der Waals surface area contributed by atoms with Crippen molar-refractivity contribution >= 4 is 27.8 Å². The second-order valence-corrected chi connectivity index (χ2v) is 9.95. The van der Waals surface area contributed by atoms with Gasteiger partial charge in [0.2, 0.25) is 10.0 Å². The van der Waals surface area contributed by atoms with Crippen LogP contribution in [0.25, 0.3) is 11.1 Å². The lowest BCUT2D eigenvalue weighted by atomic mass is 10.1. The van der Waals surface area contributed by atoms with Gasteiger partial charge in [0.05, 0.1) is 17.4 Å². The van der Waals surface area contributed by atoms with Gasteiger partial charge in [-0.25, -0.2) is 18.2 Å². The summed E-state index contributed by atoms with van der Waals surface area (Å²) in [6.45, 7) is 2.83. The zero-order valence-electron chi connectivity index (χ0n) is 17.4. The van der Waals surface area contributed by atoms with Crippen LogP contribution in [0.5, 0.6) is 0 Å². The number of hydrogen-bond donors (Lipinski definition) is 2. The highest BCUT2D eigenvalue weighted by Crippen LogP contribution is 2.23. The number of imide groups is 1. The van der Waals surface area contributed by atoms with E-state index < -0.39 is 33.3 Å². The molecule has 0 radical (unpaired) electrons. The molecule has 10 nitrogen and oxygen atoms in total. The van der Waals surface area contributed by atoms with E-state index in [1.165, 1.54) is 11.2 Å². The average molecular weight is 455 g/mol. The van der Waals surface area contributed by atoms with Crippen LogP contribution in [0.15, 0.2) is 42.6 Å². The Labute approximate surface area is 185 Å². The normalized spacial score (nSPS) is 21.7. The molecule has 2 aliphatic rings. The lowest BCUT2D eigenvalue weighted by Crippen LogP contribution is -2.55. The van der Waals surface area contributed by atoms with Crippen molar-refractivity contribution in [3.8, 4) is 17.2 Å². The molecule has 1 aromatic carbocycles. The quantitative estimate of drug-likeness (QED) is 0.634. The molecular weight excluding hydrogens is 432 g/mol. The third-order valence-electron chi connectivity index (χ3n) is 5.64. The molecule has 3 amide bonds. The minimum absolute atomic E-state index is 0.257. The molecule has 3 heterocycles.